The zero-order valence-corrected chi connectivity index (χ0v) is 13.7. The molecule has 6 nitrogen and oxygen atoms in total. The van der Waals surface area contributed by atoms with Crippen molar-refractivity contribution in [3.8, 4) is 0 Å². The van der Waals surface area contributed by atoms with Crippen molar-refractivity contribution >= 4 is 11.6 Å². The molecular formula is C14H17F5N4O2. The number of aryl methyl sites for hydroxylation is 1. The van der Waals surface area contributed by atoms with Gasteiger partial charge in [-0.3, -0.25) is 9.48 Å². The van der Waals surface area contributed by atoms with Gasteiger partial charge >= 0.3 is 6.18 Å². The van der Waals surface area contributed by atoms with Crippen molar-refractivity contribution in [3.63, 3.8) is 0 Å². The van der Waals surface area contributed by atoms with Crippen LogP contribution in [-0.2, 0) is 17.5 Å². The average molecular weight is 368 g/mol. The monoisotopic (exact) mass is 368 g/mol. The van der Waals surface area contributed by atoms with E-state index in [1.165, 1.54) is 20.8 Å². The number of rotatable bonds is 4. The highest BCUT2D eigenvalue weighted by atomic mass is 19.4. The third-order valence-electron chi connectivity index (χ3n) is 3.85. The van der Waals surface area contributed by atoms with E-state index in [4.69, 9.17) is 0 Å². The topological polar surface area (TPSA) is 70.7 Å². The summed E-state index contributed by atoms with van der Waals surface area (Å²) < 4.78 is 65.3. The third-order valence-corrected chi connectivity index (χ3v) is 3.85. The molecule has 1 amide bonds. The highest BCUT2D eigenvalue weighted by molar-refractivity contribution is 5.89. The fourth-order valence-corrected chi connectivity index (χ4v) is 2.53. The van der Waals surface area contributed by atoms with Crippen molar-refractivity contribution in [2.45, 2.75) is 52.1 Å². The number of alkyl halides is 5. The second-order valence-corrected chi connectivity index (χ2v) is 6.09. The molecule has 2 atom stereocenters. The number of amides is 1. The van der Waals surface area contributed by atoms with Crippen LogP contribution in [0.25, 0.3) is 0 Å². The van der Waals surface area contributed by atoms with Crippen molar-refractivity contribution in [1.29, 1.82) is 0 Å². The molecule has 1 aliphatic rings. The van der Waals surface area contributed by atoms with E-state index in [2.05, 4.69) is 10.2 Å². The van der Waals surface area contributed by atoms with Crippen LogP contribution >= 0.6 is 0 Å². The second-order valence-electron chi connectivity index (χ2n) is 6.09. The SMILES string of the molecule is CC1=NN(C(=O)C(C)Cn2nc(C(F)(F)F)cc2C)C(O)(C(F)F)C1. The number of hydrazone groups is 1. The van der Waals surface area contributed by atoms with Gasteiger partial charge in [-0.15, -0.1) is 0 Å². The Morgan fingerprint density at radius 2 is 2.00 bits per heavy atom. The van der Waals surface area contributed by atoms with Crippen LogP contribution in [0.1, 0.15) is 31.7 Å². The molecule has 1 aromatic rings. The molecule has 0 spiro atoms. The normalized spacial score (nSPS) is 22.5. The number of carbonyl (C=O) groups excluding carboxylic acids is 1. The molecule has 25 heavy (non-hydrogen) atoms. The van der Waals surface area contributed by atoms with Crippen LogP contribution in [-0.4, -0.2) is 43.7 Å². The first-order valence-corrected chi connectivity index (χ1v) is 7.36. The Morgan fingerprint density at radius 3 is 2.48 bits per heavy atom. The van der Waals surface area contributed by atoms with Crippen LogP contribution in [0.15, 0.2) is 11.2 Å². The van der Waals surface area contributed by atoms with Crippen molar-refractivity contribution in [2.75, 3.05) is 0 Å². The molecule has 2 unspecified atom stereocenters. The van der Waals surface area contributed by atoms with E-state index in [9.17, 15) is 31.9 Å². The van der Waals surface area contributed by atoms with E-state index in [1.807, 2.05) is 0 Å². The molecule has 0 saturated carbocycles. The van der Waals surface area contributed by atoms with Gasteiger partial charge in [-0.25, -0.2) is 8.78 Å². The largest absolute Gasteiger partial charge is 0.435 e. The van der Waals surface area contributed by atoms with Crippen molar-refractivity contribution in [1.82, 2.24) is 14.8 Å². The van der Waals surface area contributed by atoms with Gasteiger partial charge in [0.15, 0.2) is 5.69 Å². The maximum absolute atomic E-state index is 13.1. The first-order valence-electron chi connectivity index (χ1n) is 7.36. The van der Waals surface area contributed by atoms with Crippen LogP contribution in [0.3, 0.4) is 0 Å². The fraction of sp³-hybridized carbons (Fsp3) is 0.643. The summed E-state index contributed by atoms with van der Waals surface area (Å²) in [6, 6.07) is 0.824. The molecule has 1 aliphatic heterocycles. The number of nitrogens with zero attached hydrogens (tertiary/aromatic N) is 4. The van der Waals surface area contributed by atoms with E-state index in [-0.39, 0.29) is 18.0 Å². The Morgan fingerprint density at radius 1 is 1.40 bits per heavy atom. The summed E-state index contributed by atoms with van der Waals surface area (Å²) in [6.45, 7) is 3.84. The minimum absolute atomic E-state index is 0.151. The zero-order valence-electron chi connectivity index (χ0n) is 13.7. The molecule has 1 N–H and O–H groups in total. The number of halogens is 5. The lowest BCUT2D eigenvalue weighted by atomic mass is 10.1. The second kappa shape index (κ2) is 6.36. The molecular weight excluding hydrogens is 351 g/mol. The van der Waals surface area contributed by atoms with E-state index >= 15 is 0 Å². The molecule has 0 aliphatic carbocycles. The highest BCUT2D eigenvalue weighted by Gasteiger charge is 2.51. The molecule has 0 fully saturated rings. The fourth-order valence-electron chi connectivity index (χ4n) is 2.53. The van der Waals surface area contributed by atoms with Gasteiger partial charge in [-0.1, -0.05) is 6.92 Å². The van der Waals surface area contributed by atoms with Gasteiger partial charge in [0.1, 0.15) is 0 Å². The number of hydrogen-bond acceptors (Lipinski definition) is 4. The summed E-state index contributed by atoms with van der Waals surface area (Å²) in [5.41, 5.74) is -3.54. The maximum atomic E-state index is 13.1. The molecule has 0 bridgehead atoms. The lowest BCUT2D eigenvalue weighted by molar-refractivity contribution is -0.194. The summed E-state index contributed by atoms with van der Waals surface area (Å²) in [7, 11) is 0. The summed E-state index contributed by atoms with van der Waals surface area (Å²) in [5.74, 6) is -1.96. The van der Waals surface area contributed by atoms with Crippen LogP contribution in [0.4, 0.5) is 22.0 Å². The van der Waals surface area contributed by atoms with Gasteiger partial charge in [0.05, 0.1) is 12.5 Å². The predicted molar refractivity (Wildman–Crippen MR) is 76.7 cm³/mol. The molecule has 2 heterocycles. The zero-order chi connectivity index (χ0) is 19.2. The standard InChI is InChI=1S/C14H17F5N4O2/c1-7(6-22-9(3)4-10(21-22)14(17,18)19)11(24)23-13(25,12(15)16)5-8(2)20-23/h4,7,12,25H,5-6H2,1-3H3. The number of aromatic nitrogens is 2. The van der Waals surface area contributed by atoms with Crippen molar-refractivity contribution in [3.05, 3.63) is 17.5 Å². The van der Waals surface area contributed by atoms with Crippen LogP contribution < -0.4 is 0 Å². The number of hydrogen-bond donors (Lipinski definition) is 1. The van der Waals surface area contributed by atoms with Gasteiger partial charge < -0.3 is 5.11 Å². The molecule has 140 valence electrons. The summed E-state index contributed by atoms with van der Waals surface area (Å²) in [4.78, 5) is 12.4. The lowest BCUT2D eigenvalue weighted by Gasteiger charge is -2.31. The average Bonchev–Trinajstić information content (AvgIpc) is 2.99. The first-order chi connectivity index (χ1) is 11.4. The Balaban J connectivity index is 2.20. The quantitative estimate of drug-likeness (QED) is 0.830. The summed E-state index contributed by atoms with van der Waals surface area (Å²) >= 11 is 0. The smallest absolute Gasteiger partial charge is 0.364 e. The molecule has 0 aromatic carbocycles. The van der Waals surface area contributed by atoms with Gasteiger partial charge in [0, 0.05) is 17.8 Å². The minimum Gasteiger partial charge on any atom is -0.364 e. The third kappa shape index (κ3) is 3.65. The number of carbonyl (C=O) groups is 1. The van der Waals surface area contributed by atoms with Gasteiger partial charge in [-0.05, 0) is 19.9 Å². The molecule has 11 heteroatoms. The maximum Gasteiger partial charge on any atom is 0.435 e. The van der Waals surface area contributed by atoms with Crippen molar-refractivity contribution < 1.29 is 31.9 Å². The van der Waals surface area contributed by atoms with Gasteiger partial charge in [0.25, 0.3) is 6.43 Å². The van der Waals surface area contributed by atoms with E-state index < -0.39 is 42.3 Å². The molecule has 2 rings (SSSR count). The summed E-state index contributed by atoms with van der Waals surface area (Å²) in [6.07, 6.45) is -8.37. The van der Waals surface area contributed by atoms with Crippen LogP contribution in [0.2, 0.25) is 0 Å². The summed E-state index contributed by atoms with van der Waals surface area (Å²) in [5, 5.41) is 17.4. The van der Waals surface area contributed by atoms with Gasteiger partial charge in [0.2, 0.25) is 11.6 Å². The first kappa shape index (κ1) is 19.3. The highest BCUT2D eigenvalue weighted by Crippen LogP contribution is 2.33. The Hall–Kier alpha value is -2.04. The molecule has 1 aromatic heterocycles. The van der Waals surface area contributed by atoms with Crippen LogP contribution in [0, 0.1) is 12.8 Å². The Labute approximate surface area is 139 Å². The lowest BCUT2D eigenvalue weighted by Crippen LogP contribution is -2.53. The van der Waals surface area contributed by atoms with E-state index in [0.717, 1.165) is 10.7 Å². The van der Waals surface area contributed by atoms with Crippen LogP contribution in [0.5, 0.6) is 0 Å². The Kier molecular flexibility index (Phi) is 4.90. The van der Waals surface area contributed by atoms with Gasteiger partial charge in [-0.2, -0.15) is 28.4 Å². The van der Waals surface area contributed by atoms with Crippen molar-refractivity contribution in [2.24, 2.45) is 11.0 Å². The predicted octanol–water partition coefficient (Wildman–Crippen LogP) is 2.41. The number of aliphatic hydroxyl groups is 1. The van der Waals surface area contributed by atoms with E-state index in [0.29, 0.717) is 5.01 Å². The Bertz CT molecular complexity index is 700. The minimum atomic E-state index is -4.63. The molecule has 0 saturated heterocycles. The molecule has 0 radical (unpaired) electrons. The van der Waals surface area contributed by atoms with E-state index in [1.54, 1.807) is 0 Å².